The number of rotatable bonds is 3. The number of sulfone groups is 1. The number of Topliss-reactive ketones (excluding diaryl/α,β-unsaturated/α-hetero) is 2. The van der Waals surface area contributed by atoms with Crippen LogP contribution in [0.3, 0.4) is 0 Å². The quantitative estimate of drug-likeness (QED) is 0.802. The van der Waals surface area contributed by atoms with Gasteiger partial charge in [0.25, 0.3) is 0 Å². The molecule has 0 N–H and O–H groups in total. The molecule has 20 heavy (non-hydrogen) atoms. The Hall–Kier alpha value is -1.20. The third-order valence-electron chi connectivity index (χ3n) is 3.50. The number of benzene rings is 1. The molecule has 1 aromatic rings. The van der Waals surface area contributed by atoms with E-state index in [0.29, 0.717) is 24.8 Å². The highest BCUT2D eigenvalue weighted by Gasteiger charge is 2.30. The number of halogens is 1. The van der Waals surface area contributed by atoms with Gasteiger partial charge in [0.05, 0.1) is 10.8 Å². The van der Waals surface area contributed by atoms with Crippen molar-refractivity contribution in [3.05, 3.63) is 28.8 Å². The number of hydrogen-bond acceptors (Lipinski definition) is 4. The van der Waals surface area contributed by atoms with Crippen molar-refractivity contribution >= 4 is 33.0 Å². The maximum Gasteiger partial charge on any atom is 0.175 e. The van der Waals surface area contributed by atoms with E-state index in [0.717, 1.165) is 6.26 Å². The smallest absolute Gasteiger partial charge is 0.175 e. The van der Waals surface area contributed by atoms with Crippen LogP contribution in [0.1, 0.15) is 24.8 Å². The van der Waals surface area contributed by atoms with Crippen LogP contribution in [-0.2, 0) is 25.8 Å². The number of hydrogen-bond donors (Lipinski definition) is 0. The molecule has 2 rings (SSSR count). The third-order valence-corrected chi connectivity index (χ3v) is 4.96. The summed E-state index contributed by atoms with van der Waals surface area (Å²) in [7, 11) is -3.32. The van der Waals surface area contributed by atoms with Gasteiger partial charge in [0, 0.05) is 24.1 Å². The Labute approximate surface area is 123 Å². The summed E-state index contributed by atoms with van der Waals surface area (Å²) in [6, 6.07) is 4.40. The molecule has 1 aromatic carbocycles. The highest BCUT2D eigenvalue weighted by Crippen LogP contribution is 2.27. The molecule has 0 atom stereocenters. The van der Waals surface area contributed by atoms with Crippen molar-refractivity contribution in [2.45, 2.75) is 30.6 Å². The topological polar surface area (TPSA) is 68.3 Å². The standard InChI is InChI=1S/C14H15ClO4S/c1-20(18,19)10-6-5-9(12(15)8-10)7-11-13(16)3-2-4-14(11)17/h5-6,8,11H,2-4,7H2,1H3. The van der Waals surface area contributed by atoms with Crippen LogP contribution in [0, 0.1) is 5.92 Å². The Morgan fingerprint density at radius 2 is 1.80 bits per heavy atom. The molecule has 4 nitrogen and oxygen atoms in total. The van der Waals surface area contributed by atoms with Crippen LogP contribution in [0.25, 0.3) is 0 Å². The molecule has 108 valence electrons. The Kier molecular flexibility index (Phi) is 4.30. The summed E-state index contributed by atoms with van der Waals surface area (Å²) in [6.07, 6.45) is 2.83. The first-order chi connectivity index (χ1) is 9.29. The maximum atomic E-state index is 11.8. The second kappa shape index (κ2) is 5.66. The lowest BCUT2D eigenvalue weighted by Crippen LogP contribution is -2.30. The van der Waals surface area contributed by atoms with Gasteiger partial charge < -0.3 is 0 Å². The number of carbonyl (C=O) groups is 2. The van der Waals surface area contributed by atoms with Gasteiger partial charge in [0.2, 0.25) is 0 Å². The molecule has 0 saturated heterocycles. The fourth-order valence-electron chi connectivity index (χ4n) is 2.34. The van der Waals surface area contributed by atoms with E-state index >= 15 is 0 Å². The third kappa shape index (κ3) is 3.27. The SMILES string of the molecule is CS(=O)(=O)c1ccc(CC2C(=O)CCCC2=O)c(Cl)c1. The summed E-state index contributed by atoms with van der Waals surface area (Å²) in [6.45, 7) is 0. The predicted molar refractivity (Wildman–Crippen MR) is 75.6 cm³/mol. The monoisotopic (exact) mass is 314 g/mol. The lowest BCUT2D eigenvalue weighted by atomic mass is 9.82. The van der Waals surface area contributed by atoms with Crippen LogP contribution >= 0.6 is 11.6 Å². The van der Waals surface area contributed by atoms with Gasteiger partial charge in [-0.15, -0.1) is 0 Å². The summed E-state index contributed by atoms with van der Waals surface area (Å²) < 4.78 is 22.8. The molecule has 0 unspecified atom stereocenters. The summed E-state index contributed by atoms with van der Waals surface area (Å²) in [5.41, 5.74) is 0.632. The van der Waals surface area contributed by atoms with Crippen molar-refractivity contribution in [3.8, 4) is 0 Å². The van der Waals surface area contributed by atoms with E-state index in [-0.39, 0.29) is 27.9 Å². The van der Waals surface area contributed by atoms with Gasteiger partial charge in [0.1, 0.15) is 11.6 Å². The van der Waals surface area contributed by atoms with Crippen molar-refractivity contribution in [2.75, 3.05) is 6.26 Å². The van der Waals surface area contributed by atoms with E-state index in [4.69, 9.17) is 11.6 Å². The molecule has 1 aliphatic rings. The highest BCUT2D eigenvalue weighted by atomic mass is 35.5. The molecule has 0 radical (unpaired) electrons. The summed E-state index contributed by atoms with van der Waals surface area (Å²) in [5, 5.41) is 0.277. The minimum Gasteiger partial charge on any atom is -0.299 e. The second-order valence-corrected chi connectivity index (χ2v) is 7.49. The minimum absolute atomic E-state index is 0.0514. The van der Waals surface area contributed by atoms with Crippen LogP contribution < -0.4 is 0 Å². The average molecular weight is 315 g/mol. The van der Waals surface area contributed by atoms with Crippen LogP contribution in [-0.4, -0.2) is 26.2 Å². The van der Waals surface area contributed by atoms with Crippen molar-refractivity contribution in [3.63, 3.8) is 0 Å². The van der Waals surface area contributed by atoms with Crippen molar-refractivity contribution in [1.29, 1.82) is 0 Å². The van der Waals surface area contributed by atoms with Crippen LogP contribution in [0.15, 0.2) is 23.1 Å². The van der Waals surface area contributed by atoms with Gasteiger partial charge >= 0.3 is 0 Å². The molecule has 1 aliphatic carbocycles. The van der Waals surface area contributed by atoms with Crippen molar-refractivity contribution in [1.82, 2.24) is 0 Å². The van der Waals surface area contributed by atoms with Gasteiger partial charge in [-0.3, -0.25) is 9.59 Å². The van der Waals surface area contributed by atoms with Gasteiger partial charge in [-0.1, -0.05) is 17.7 Å². The molecule has 1 saturated carbocycles. The first-order valence-corrected chi connectivity index (χ1v) is 8.60. The van der Waals surface area contributed by atoms with Gasteiger partial charge in [-0.25, -0.2) is 8.42 Å². The molecule has 0 bridgehead atoms. The lowest BCUT2D eigenvalue weighted by molar-refractivity contribution is -0.135. The first kappa shape index (κ1) is 15.2. The molecule has 0 spiro atoms. The Balaban J connectivity index is 2.26. The summed E-state index contributed by atoms with van der Waals surface area (Å²) >= 11 is 6.06. The van der Waals surface area contributed by atoms with Crippen molar-refractivity contribution < 1.29 is 18.0 Å². The summed E-state index contributed by atoms with van der Waals surface area (Å²) in [5.74, 6) is -0.737. The van der Waals surface area contributed by atoms with E-state index in [1.54, 1.807) is 6.07 Å². The molecular weight excluding hydrogens is 300 g/mol. The Morgan fingerprint density at radius 3 is 2.30 bits per heavy atom. The van der Waals surface area contributed by atoms with Gasteiger partial charge in [-0.2, -0.15) is 0 Å². The Morgan fingerprint density at radius 1 is 1.20 bits per heavy atom. The van der Waals surface area contributed by atoms with Crippen LogP contribution in [0.5, 0.6) is 0 Å². The van der Waals surface area contributed by atoms with Crippen LogP contribution in [0.2, 0.25) is 5.02 Å². The van der Waals surface area contributed by atoms with Gasteiger partial charge in [0.15, 0.2) is 9.84 Å². The molecule has 0 aromatic heterocycles. The predicted octanol–water partition coefficient (Wildman–Crippen LogP) is 2.22. The maximum absolute atomic E-state index is 11.8. The first-order valence-electron chi connectivity index (χ1n) is 6.33. The zero-order valence-corrected chi connectivity index (χ0v) is 12.6. The fourth-order valence-corrected chi connectivity index (χ4v) is 3.31. The van der Waals surface area contributed by atoms with E-state index in [1.807, 2.05) is 0 Å². The van der Waals surface area contributed by atoms with E-state index in [1.165, 1.54) is 12.1 Å². The number of ketones is 2. The van der Waals surface area contributed by atoms with Crippen LogP contribution in [0.4, 0.5) is 0 Å². The molecule has 0 aliphatic heterocycles. The normalized spacial score (nSPS) is 17.5. The molecule has 0 amide bonds. The van der Waals surface area contributed by atoms with E-state index < -0.39 is 15.8 Å². The minimum atomic E-state index is -3.32. The molecule has 6 heteroatoms. The lowest BCUT2D eigenvalue weighted by Gasteiger charge is -2.19. The molecular formula is C14H15ClO4S. The Bertz CT molecular complexity index is 648. The van der Waals surface area contributed by atoms with Gasteiger partial charge in [-0.05, 0) is 30.5 Å². The van der Waals surface area contributed by atoms with E-state index in [9.17, 15) is 18.0 Å². The second-order valence-electron chi connectivity index (χ2n) is 5.07. The largest absolute Gasteiger partial charge is 0.299 e. The number of carbonyl (C=O) groups excluding carboxylic acids is 2. The fraction of sp³-hybridized carbons (Fsp3) is 0.429. The zero-order chi connectivity index (χ0) is 14.9. The summed E-state index contributed by atoms with van der Waals surface area (Å²) in [4.78, 5) is 23.7. The molecule has 1 fully saturated rings. The highest BCUT2D eigenvalue weighted by molar-refractivity contribution is 7.90. The molecule has 0 heterocycles. The van der Waals surface area contributed by atoms with Crippen molar-refractivity contribution in [2.24, 2.45) is 5.92 Å². The average Bonchev–Trinajstić information content (AvgIpc) is 2.34. The zero-order valence-electron chi connectivity index (χ0n) is 11.1. The van der Waals surface area contributed by atoms with E-state index in [2.05, 4.69) is 0 Å².